The van der Waals surface area contributed by atoms with E-state index < -0.39 is 17.8 Å². The molecule has 2 amide bonds. The van der Waals surface area contributed by atoms with Crippen LogP contribution in [0, 0.1) is 19.7 Å². The number of carbonyl (C=O) groups is 2. The van der Waals surface area contributed by atoms with Gasteiger partial charge in [-0.1, -0.05) is 24.3 Å². The maximum Gasteiger partial charge on any atom is 0.257 e. The number of anilines is 1. The first-order chi connectivity index (χ1) is 12.0. The number of hydrogen-bond donors (Lipinski definition) is 1. The van der Waals surface area contributed by atoms with Gasteiger partial charge >= 0.3 is 0 Å². The number of rotatable bonds is 3. The van der Waals surface area contributed by atoms with Crippen molar-refractivity contribution in [2.45, 2.75) is 32.7 Å². The molecule has 0 saturated carbocycles. The highest BCUT2D eigenvalue weighted by molar-refractivity contribution is 6.02. The molecule has 5 heteroatoms. The molecular formula is C20H21FN2O2. The van der Waals surface area contributed by atoms with Gasteiger partial charge in [0.15, 0.2) is 0 Å². The van der Waals surface area contributed by atoms with Crippen LogP contribution in [0.1, 0.15) is 34.3 Å². The summed E-state index contributed by atoms with van der Waals surface area (Å²) in [5.74, 6) is -1.22. The summed E-state index contributed by atoms with van der Waals surface area (Å²) in [6.07, 6.45) is 1.31. The zero-order valence-electron chi connectivity index (χ0n) is 14.4. The van der Waals surface area contributed by atoms with Crippen molar-refractivity contribution in [2.75, 3.05) is 11.9 Å². The predicted octanol–water partition coefficient (Wildman–Crippen LogP) is 3.69. The highest BCUT2D eigenvalue weighted by Gasteiger charge is 2.35. The molecule has 0 aromatic heterocycles. The van der Waals surface area contributed by atoms with Gasteiger partial charge in [0.1, 0.15) is 11.9 Å². The van der Waals surface area contributed by atoms with Gasteiger partial charge in [0, 0.05) is 12.2 Å². The first kappa shape index (κ1) is 17.1. The molecule has 130 valence electrons. The number of carbonyl (C=O) groups excluding carboxylic acids is 2. The molecule has 1 aliphatic heterocycles. The van der Waals surface area contributed by atoms with Crippen LogP contribution in [-0.2, 0) is 4.79 Å². The molecule has 0 bridgehead atoms. The number of amides is 2. The minimum atomic E-state index is -0.577. The number of nitrogens with zero attached hydrogens (tertiary/aromatic N) is 1. The third-order valence-corrected chi connectivity index (χ3v) is 4.78. The molecule has 1 heterocycles. The summed E-state index contributed by atoms with van der Waals surface area (Å²) in [5.41, 5.74) is 2.84. The number of aryl methyl sites for hydroxylation is 1. The maximum absolute atomic E-state index is 13.9. The second kappa shape index (κ2) is 7.05. The summed E-state index contributed by atoms with van der Waals surface area (Å²) in [5, 5.41) is 2.92. The summed E-state index contributed by atoms with van der Waals surface area (Å²) < 4.78 is 13.9. The number of benzene rings is 2. The minimum absolute atomic E-state index is 0.00827. The molecule has 0 unspecified atom stereocenters. The summed E-state index contributed by atoms with van der Waals surface area (Å²) in [6, 6.07) is 11.0. The van der Waals surface area contributed by atoms with E-state index >= 15 is 0 Å². The van der Waals surface area contributed by atoms with Crippen LogP contribution < -0.4 is 5.32 Å². The van der Waals surface area contributed by atoms with Crippen LogP contribution in [0.15, 0.2) is 42.5 Å². The molecule has 2 aromatic carbocycles. The largest absolute Gasteiger partial charge is 0.327 e. The fourth-order valence-corrected chi connectivity index (χ4v) is 3.17. The number of halogens is 1. The Kier molecular flexibility index (Phi) is 4.83. The molecule has 25 heavy (non-hydrogen) atoms. The van der Waals surface area contributed by atoms with Crippen molar-refractivity contribution in [2.24, 2.45) is 0 Å². The lowest BCUT2D eigenvalue weighted by Crippen LogP contribution is -2.43. The van der Waals surface area contributed by atoms with Crippen LogP contribution in [0.5, 0.6) is 0 Å². The highest BCUT2D eigenvalue weighted by atomic mass is 19.1. The van der Waals surface area contributed by atoms with E-state index in [1.54, 1.807) is 12.1 Å². The summed E-state index contributed by atoms with van der Waals surface area (Å²) >= 11 is 0. The fourth-order valence-electron chi connectivity index (χ4n) is 3.17. The second-order valence-electron chi connectivity index (χ2n) is 6.37. The summed E-state index contributed by atoms with van der Waals surface area (Å²) in [7, 11) is 0. The van der Waals surface area contributed by atoms with Crippen LogP contribution in [-0.4, -0.2) is 29.3 Å². The summed E-state index contributed by atoms with van der Waals surface area (Å²) in [4.78, 5) is 26.8. The topological polar surface area (TPSA) is 49.4 Å². The standard InChI is InChI=1S/C20H21FN2O2/c1-13-7-5-10-17(14(13)2)22-19(24)18-11-6-12-23(18)20(25)15-8-3-4-9-16(15)21/h3-5,7-10,18H,6,11-12H2,1-2H3,(H,22,24)/t18-/m0/s1. The molecule has 1 N–H and O–H groups in total. The fraction of sp³-hybridized carbons (Fsp3) is 0.300. The van der Waals surface area contributed by atoms with Gasteiger partial charge in [-0.25, -0.2) is 4.39 Å². The third-order valence-electron chi connectivity index (χ3n) is 4.78. The van der Waals surface area contributed by atoms with Gasteiger partial charge in [0.25, 0.3) is 5.91 Å². The van der Waals surface area contributed by atoms with Gasteiger partial charge in [0.2, 0.25) is 5.91 Å². The van der Waals surface area contributed by atoms with Crippen LogP contribution in [0.4, 0.5) is 10.1 Å². The van der Waals surface area contributed by atoms with E-state index in [0.717, 1.165) is 23.2 Å². The van der Waals surface area contributed by atoms with Crippen LogP contribution in [0.25, 0.3) is 0 Å². The molecule has 1 fully saturated rings. The summed E-state index contributed by atoms with van der Waals surface area (Å²) in [6.45, 7) is 4.38. The lowest BCUT2D eigenvalue weighted by Gasteiger charge is -2.24. The minimum Gasteiger partial charge on any atom is -0.327 e. The van der Waals surface area contributed by atoms with Crippen LogP contribution >= 0.6 is 0 Å². The van der Waals surface area contributed by atoms with Gasteiger partial charge in [0.05, 0.1) is 5.56 Å². The number of nitrogens with one attached hydrogen (secondary N) is 1. The van der Waals surface area contributed by atoms with E-state index in [1.165, 1.54) is 17.0 Å². The Balaban J connectivity index is 1.79. The van der Waals surface area contributed by atoms with Gasteiger partial charge in [-0.05, 0) is 56.0 Å². The Bertz CT molecular complexity index is 819. The highest BCUT2D eigenvalue weighted by Crippen LogP contribution is 2.24. The van der Waals surface area contributed by atoms with Gasteiger partial charge in [-0.3, -0.25) is 9.59 Å². The molecule has 0 aliphatic carbocycles. The molecule has 0 radical (unpaired) electrons. The van der Waals surface area contributed by atoms with Gasteiger partial charge in [-0.15, -0.1) is 0 Å². The van der Waals surface area contributed by atoms with Crippen molar-refractivity contribution in [3.63, 3.8) is 0 Å². The molecule has 1 saturated heterocycles. The van der Waals surface area contributed by atoms with E-state index in [1.807, 2.05) is 32.0 Å². The van der Waals surface area contributed by atoms with Crippen LogP contribution in [0.2, 0.25) is 0 Å². The Morgan fingerprint density at radius 3 is 2.64 bits per heavy atom. The zero-order chi connectivity index (χ0) is 18.0. The predicted molar refractivity (Wildman–Crippen MR) is 95.0 cm³/mol. The molecule has 1 aliphatic rings. The average molecular weight is 340 g/mol. The van der Waals surface area contributed by atoms with Crippen molar-refractivity contribution in [3.05, 3.63) is 65.0 Å². The molecular weight excluding hydrogens is 319 g/mol. The van der Waals surface area contributed by atoms with E-state index in [9.17, 15) is 14.0 Å². The molecule has 3 rings (SSSR count). The Hall–Kier alpha value is -2.69. The van der Waals surface area contributed by atoms with E-state index in [0.29, 0.717) is 13.0 Å². The van der Waals surface area contributed by atoms with E-state index in [2.05, 4.69) is 5.32 Å². The molecule has 1 atom stereocenters. The zero-order valence-corrected chi connectivity index (χ0v) is 14.4. The number of likely N-dealkylation sites (tertiary alicyclic amines) is 1. The van der Waals surface area contributed by atoms with E-state index in [4.69, 9.17) is 0 Å². The van der Waals surface area contributed by atoms with Gasteiger partial charge in [-0.2, -0.15) is 0 Å². The normalized spacial score (nSPS) is 16.8. The van der Waals surface area contributed by atoms with Crippen molar-refractivity contribution in [3.8, 4) is 0 Å². The first-order valence-electron chi connectivity index (χ1n) is 8.41. The quantitative estimate of drug-likeness (QED) is 0.926. The lowest BCUT2D eigenvalue weighted by atomic mass is 10.1. The molecule has 0 spiro atoms. The third kappa shape index (κ3) is 3.40. The Morgan fingerprint density at radius 2 is 1.88 bits per heavy atom. The average Bonchev–Trinajstić information content (AvgIpc) is 3.08. The molecule has 2 aromatic rings. The Labute approximate surface area is 146 Å². The maximum atomic E-state index is 13.9. The van der Waals surface area contributed by atoms with Crippen molar-refractivity contribution in [1.29, 1.82) is 0 Å². The first-order valence-corrected chi connectivity index (χ1v) is 8.41. The van der Waals surface area contributed by atoms with Crippen molar-refractivity contribution < 1.29 is 14.0 Å². The van der Waals surface area contributed by atoms with Crippen molar-refractivity contribution in [1.82, 2.24) is 4.90 Å². The molecule has 4 nitrogen and oxygen atoms in total. The monoisotopic (exact) mass is 340 g/mol. The van der Waals surface area contributed by atoms with Gasteiger partial charge < -0.3 is 10.2 Å². The Morgan fingerprint density at radius 1 is 1.12 bits per heavy atom. The van der Waals surface area contributed by atoms with Crippen LogP contribution in [0.3, 0.4) is 0 Å². The second-order valence-corrected chi connectivity index (χ2v) is 6.37. The van der Waals surface area contributed by atoms with E-state index in [-0.39, 0.29) is 11.5 Å². The SMILES string of the molecule is Cc1cccc(NC(=O)[C@@H]2CCCN2C(=O)c2ccccc2F)c1C. The smallest absolute Gasteiger partial charge is 0.257 e. The lowest BCUT2D eigenvalue weighted by molar-refractivity contribution is -0.119. The number of hydrogen-bond acceptors (Lipinski definition) is 2. The van der Waals surface area contributed by atoms with Crippen molar-refractivity contribution >= 4 is 17.5 Å².